The molecular weight excluding hydrogens is 134 g/mol. The van der Waals surface area contributed by atoms with Gasteiger partial charge in [0, 0.05) is 12.6 Å². The molecule has 0 spiro atoms. The Labute approximate surface area is 70.8 Å². The lowest BCUT2D eigenvalue weighted by Gasteiger charge is -2.43. The van der Waals surface area contributed by atoms with Crippen LogP contribution in [0.1, 0.15) is 27.7 Å². The van der Waals surface area contributed by atoms with E-state index in [1.165, 1.54) is 6.54 Å². The van der Waals surface area contributed by atoms with Crippen molar-refractivity contribution < 1.29 is 0 Å². The lowest BCUT2D eigenvalue weighted by Crippen LogP contribution is -2.47. The minimum absolute atomic E-state index is 0.765. The van der Waals surface area contributed by atoms with Crippen molar-refractivity contribution in [2.75, 3.05) is 13.6 Å². The zero-order valence-electron chi connectivity index (χ0n) is 8.46. The molecule has 1 saturated heterocycles. The van der Waals surface area contributed by atoms with E-state index in [4.69, 9.17) is 0 Å². The van der Waals surface area contributed by atoms with Crippen LogP contribution in [0.5, 0.6) is 0 Å². The summed E-state index contributed by atoms with van der Waals surface area (Å²) in [6, 6.07) is 0.765. The Balaban J connectivity index is 2.63. The van der Waals surface area contributed by atoms with E-state index in [2.05, 4.69) is 39.6 Å². The van der Waals surface area contributed by atoms with Crippen molar-refractivity contribution in [3.8, 4) is 0 Å². The number of rotatable bonds is 0. The molecule has 4 atom stereocenters. The second-order valence-corrected chi connectivity index (χ2v) is 4.38. The molecule has 0 bridgehead atoms. The fourth-order valence-electron chi connectivity index (χ4n) is 2.15. The second-order valence-electron chi connectivity index (χ2n) is 4.38. The van der Waals surface area contributed by atoms with Crippen molar-refractivity contribution in [3.63, 3.8) is 0 Å². The highest BCUT2D eigenvalue weighted by Gasteiger charge is 2.31. The maximum atomic E-state index is 2.48. The Morgan fingerprint density at radius 3 is 2.09 bits per heavy atom. The zero-order chi connectivity index (χ0) is 8.59. The smallest absolute Gasteiger partial charge is 0.00922 e. The summed E-state index contributed by atoms with van der Waals surface area (Å²) in [5.74, 6) is 2.61. The van der Waals surface area contributed by atoms with Gasteiger partial charge in [-0.3, -0.25) is 0 Å². The molecular formula is C10H21N. The molecule has 0 aliphatic carbocycles. The van der Waals surface area contributed by atoms with Crippen molar-refractivity contribution in [2.45, 2.75) is 33.7 Å². The van der Waals surface area contributed by atoms with E-state index in [0.717, 1.165) is 23.8 Å². The highest BCUT2D eigenvalue weighted by atomic mass is 15.1. The summed E-state index contributed by atoms with van der Waals surface area (Å²) >= 11 is 0. The van der Waals surface area contributed by atoms with Gasteiger partial charge in [-0.2, -0.15) is 0 Å². The van der Waals surface area contributed by atoms with Crippen molar-refractivity contribution >= 4 is 0 Å². The van der Waals surface area contributed by atoms with Crippen LogP contribution in [-0.2, 0) is 0 Å². The van der Waals surface area contributed by atoms with Crippen LogP contribution >= 0.6 is 0 Å². The van der Waals surface area contributed by atoms with Crippen molar-refractivity contribution in [1.82, 2.24) is 4.90 Å². The Kier molecular flexibility index (Phi) is 2.58. The van der Waals surface area contributed by atoms with E-state index >= 15 is 0 Å². The van der Waals surface area contributed by atoms with Crippen LogP contribution < -0.4 is 0 Å². The maximum absolute atomic E-state index is 2.48. The molecule has 0 amide bonds. The first-order chi connectivity index (χ1) is 5.04. The molecule has 4 unspecified atom stereocenters. The van der Waals surface area contributed by atoms with Gasteiger partial charge >= 0.3 is 0 Å². The van der Waals surface area contributed by atoms with Gasteiger partial charge < -0.3 is 4.90 Å². The Morgan fingerprint density at radius 1 is 1.00 bits per heavy atom. The predicted molar refractivity (Wildman–Crippen MR) is 49.6 cm³/mol. The molecule has 1 rings (SSSR count). The van der Waals surface area contributed by atoms with Crippen LogP contribution in [0.15, 0.2) is 0 Å². The summed E-state index contributed by atoms with van der Waals surface area (Å²) in [7, 11) is 2.24. The van der Waals surface area contributed by atoms with Gasteiger partial charge in [-0.1, -0.05) is 20.8 Å². The normalized spacial score (nSPS) is 47.7. The first kappa shape index (κ1) is 9.05. The molecule has 1 heterocycles. The molecule has 0 aromatic rings. The summed E-state index contributed by atoms with van der Waals surface area (Å²) in [6.45, 7) is 10.7. The molecule has 1 nitrogen and oxygen atoms in total. The third kappa shape index (κ3) is 1.58. The molecule has 11 heavy (non-hydrogen) atoms. The molecule has 0 aromatic heterocycles. The van der Waals surface area contributed by atoms with E-state index in [1.54, 1.807) is 0 Å². The Bertz CT molecular complexity index is 119. The lowest BCUT2D eigenvalue weighted by atomic mass is 9.77. The molecule has 0 saturated carbocycles. The van der Waals surface area contributed by atoms with Gasteiger partial charge in [-0.05, 0) is 31.7 Å². The maximum Gasteiger partial charge on any atom is 0.00922 e. The largest absolute Gasteiger partial charge is 0.303 e. The minimum Gasteiger partial charge on any atom is -0.303 e. The molecule has 1 aliphatic rings. The van der Waals surface area contributed by atoms with Gasteiger partial charge in [0.15, 0.2) is 0 Å². The topological polar surface area (TPSA) is 3.24 Å². The summed E-state index contributed by atoms with van der Waals surface area (Å²) in [5, 5.41) is 0. The highest BCUT2D eigenvalue weighted by molar-refractivity contribution is 4.84. The zero-order valence-corrected chi connectivity index (χ0v) is 8.46. The predicted octanol–water partition coefficient (Wildman–Crippen LogP) is 2.23. The van der Waals surface area contributed by atoms with Crippen LogP contribution in [0.3, 0.4) is 0 Å². The third-order valence-electron chi connectivity index (χ3n) is 3.76. The van der Waals surface area contributed by atoms with Crippen LogP contribution in [0, 0.1) is 17.8 Å². The molecule has 66 valence electrons. The number of likely N-dealkylation sites (tertiary alicyclic amines) is 1. The fourth-order valence-corrected chi connectivity index (χ4v) is 2.15. The van der Waals surface area contributed by atoms with Crippen LogP contribution in [-0.4, -0.2) is 24.5 Å². The standard InChI is InChI=1S/C10H21N/c1-7-6-11(5)10(4)9(3)8(7)2/h7-10H,6H2,1-5H3. The van der Waals surface area contributed by atoms with E-state index in [1.807, 2.05) is 0 Å². The van der Waals surface area contributed by atoms with E-state index in [0.29, 0.717) is 0 Å². The molecule has 1 fully saturated rings. The summed E-state index contributed by atoms with van der Waals surface area (Å²) in [5.41, 5.74) is 0. The van der Waals surface area contributed by atoms with Crippen molar-refractivity contribution in [3.05, 3.63) is 0 Å². The van der Waals surface area contributed by atoms with Gasteiger partial charge in [0.05, 0.1) is 0 Å². The van der Waals surface area contributed by atoms with Gasteiger partial charge in [-0.25, -0.2) is 0 Å². The molecule has 1 aliphatic heterocycles. The monoisotopic (exact) mass is 155 g/mol. The Hall–Kier alpha value is -0.0400. The average Bonchev–Trinajstić information content (AvgIpc) is 1.97. The number of hydrogen-bond acceptors (Lipinski definition) is 1. The SMILES string of the molecule is CC1CN(C)C(C)C(C)C1C. The lowest BCUT2D eigenvalue weighted by molar-refractivity contribution is 0.0554. The van der Waals surface area contributed by atoms with Crippen LogP contribution in [0.4, 0.5) is 0 Å². The van der Waals surface area contributed by atoms with Crippen molar-refractivity contribution in [2.24, 2.45) is 17.8 Å². The van der Waals surface area contributed by atoms with Gasteiger partial charge in [0.25, 0.3) is 0 Å². The third-order valence-corrected chi connectivity index (χ3v) is 3.76. The Morgan fingerprint density at radius 2 is 1.55 bits per heavy atom. The van der Waals surface area contributed by atoms with Crippen molar-refractivity contribution in [1.29, 1.82) is 0 Å². The quantitative estimate of drug-likeness (QED) is 0.518. The van der Waals surface area contributed by atoms with E-state index < -0.39 is 0 Å². The number of hydrogen-bond donors (Lipinski definition) is 0. The van der Waals surface area contributed by atoms with Gasteiger partial charge in [0.2, 0.25) is 0 Å². The molecule has 0 aromatic carbocycles. The summed E-state index contributed by atoms with van der Waals surface area (Å²) in [4.78, 5) is 2.48. The molecule has 0 radical (unpaired) electrons. The summed E-state index contributed by atoms with van der Waals surface area (Å²) < 4.78 is 0. The average molecular weight is 155 g/mol. The first-order valence-electron chi connectivity index (χ1n) is 4.74. The first-order valence-corrected chi connectivity index (χ1v) is 4.74. The highest BCUT2D eigenvalue weighted by Crippen LogP contribution is 2.31. The molecule has 0 N–H and O–H groups in total. The van der Waals surface area contributed by atoms with Crippen LogP contribution in [0.2, 0.25) is 0 Å². The van der Waals surface area contributed by atoms with E-state index in [9.17, 15) is 0 Å². The number of nitrogens with zero attached hydrogens (tertiary/aromatic N) is 1. The minimum atomic E-state index is 0.765. The van der Waals surface area contributed by atoms with Crippen LogP contribution in [0.25, 0.3) is 0 Å². The van der Waals surface area contributed by atoms with Gasteiger partial charge in [0.1, 0.15) is 0 Å². The van der Waals surface area contributed by atoms with Gasteiger partial charge in [-0.15, -0.1) is 0 Å². The van der Waals surface area contributed by atoms with E-state index in [-0.39, 0.29) is 0 Å². The fraction of sp³-hybridized carbons (Fsp3) is 1.00. The number of piperidine rings is 1. The summed E-state index contributed by atoms with van der Waals surface area (Å²) in [6.07, 6.45) is 0. The molecule has 1 heteroatoms. The second kappa shape index (κ2) is 3.14.